The molecule has 7 heteroatoms. The van der Waals surface area contributed by atoms with Crippen molar-refractivity contribution in [1.82, 2.24) is 14.9 Å². The van der Waals surface area contributed by atoms with Crippen molar-refractivity contribution in [3.05, 3.63) is 35.4 Å². The lowest BCUT2D eigenvalue weighted by atomic mass is 9.94. The van der Waals surface area contributed by atoms with Crippen LogP contribution in [0, 0.1) is 5.92 Å². The minimum atomic E-state index is -3.21. The number of nitrogens with one attached hydrogen (secondary N) is 2. The highest BCUT2D eigenvalue weighted by Crippen LogP contribution is 2.18. The summed E-state index contributed by atoms with van der Waals surface area (Å²) in [4.78, 5) is 12.4. The van der Waals surface area contributed by atoms with Crippen LogP contribution in [0.5, 0.6) is 0 Å². The molecule has 1 heterocycles. The maximum absolute atomic E-state index is 12.4. The van der Waals surface area contributed by atoms with E-state index in [0.29, 0.717) is 18.0 Å². The lowest BCUT2D eigenvalue weighted by molar-refractivity contribution is 0.0951. The highest BCUT2D eigenvalue weighted by molar-refractivity contribution is 7.88. The molecule has 0 bridgehead atoms. The van der Waals surface area contributed by atoms with Gasteiger partial charge in [-0.15, -0.1) is 0 Å². The van der Waals surface area contributed by atoms with Crippen molar-refractivity contribution in [2.45, 2.75) is 12.8 Å². The number of nitrogens with zero attached hydrogens (tertiary/aromatic N) is 1. The van der Waals surface area contributed by atoms with Crippen molar-refractivity contribution in [3.8, 4) is 0 Å². The van der Waals surface area contributed by atoms with Crippen molar-refractivity contribution in [2.24, 2.45) is 5.92 Å². The third kappa shape index (κ3) is 5.30. The van der Waals surface area contributed by atoms with Crippen LogP contribution in [0.15, 0.2) is 24.3 Å². The molecule has 1 amide bonds. The average molecular weight is 339 g/mol. The van der Waals surface area contributed by atoms with Crippen LogP contribution >= 0.6 is 0 Å². The molecule has 0 spiro atoms. The highest BCUT2D eigenvalue weighted by Gasteiger charge is 2.18. The van der Waals surface area contributed by atoms with E-state index in [1.807, 2.05) is 24.3 Å². The summed E-state index contributed by atoms with van der Waals surface area (Å²) in [5, 5.41) is 6.15. The molecule has 0 aliphatic carbocycles. The molecule has 1 fully saturated rings. The monoisotopic (exact) mass is 339 g/mol. The number of likely N-dealkylation sites (N-methyl/N-ethyl adjacent to an activating group) is 1. The first-order chi connectivity index (χ1) is 10.9. The van der Waals surface area contributed by atoms with Gasteiger partial charge in [-0.25, -0.2) is 12.7 Å². The molecule has 1 aromatic carbocycles. The van der Waals surface area contributed by atoms with Gasteiger partial charge in [0.05, 0.1) is 6.26 Å². The Kier molecular flexibility index (Phi) is 6.15. The van der Waals surface area contributed by atoms with Gasteiger partial charge in [-0.2, -0.15) is 0 Å². The summed E-state index contributed by atoms with van der Waals surface area (Å²) in [5.41, 5.74) is 1.73. The van der Waals surface area contributed by atoms with E-state index in [9.17, 15) is 13.2 Å². The zero-order valence-corrected chi connectivity index (χ0v) is 14.5. The third-order valence-corrected chi connectivity index (χ3v) is 5.53. The Bertz CT molecular complexity index is 640. The molecular weight excluding hydrogens is 314 g/mol. The number of amides is 1. The van der Waals surface area contributed by atoms with Crippen molar-refractivity contribution < 1.29 is 13.2 Å². The van der Waals surface area contributed by atoms with E-state index < -0.39 is 10.0 Å². The van der Waals surface area contributed by atoms with Gasteiger partial charge in [-0.05, 0) is 43.5 Å². The second-order valence-electron chi connectivity index (χ2n) is 6.06. The van der Waals surface area contributed by atoms with Crippen LogP contribution in [0.2, 0.25) is 0 Å². The Balaban J connectivity index is 1.93. The molecule has 1 atom stereocenters. The third-order valence-electron chi connectivity index (χ3n) is 4.21. The van der Waals surface area contributed by atoms with E-state index in [1.54, 1.807) is 0 Å². The Hall–Kier alpha value is -1.44. The van der Waals surface area contributed by atoms with Crippen LogP contribution in [-0.4, -0.2) is 58.1 Å². The van der Waals surface area contributed by atoms with Gasteiger partial charge in [0.15, 0.2) is 0 Å². The first-order valence-corrected chi connectivity index (χ1v) is 9.71. The maximum Gasteiger partial charge on any atom is 0.251 e. The Labute approximate surface area is 138 Å². The molecule has 1 aliphatic heterocycles. The van der Waals surface area contributed by atoms with Crippen molar-refractivity contribution in [1.29, 1.82) is 0 Å². The second-order valence-corrected chi connectivity index (χ2v) is 8.15. The van der Waals surface area contributed by atoms with E-state index in [-0.39, 0.29) is 12.5 Å². The summed E-state index contributed by atoms with van der Waals surface area (Å²) in [6.45, 7) is 2.59. The SMILES string of the molecule is CN(CCNC(=O)c1ccccc1CC1CCNC1)S(C)(=O)=O. The summed E-state index contributed by atoms with van der Waals surface area (Å²) in [6.07, 6.45) is 3.18. The predicted molar refractivity (Wildman–Crippen MR) is 90.9 cm³/mol. The maximum atomic E-state index is 12.4. The van der Waals surface area contributed by atoms with E-state index in [4.69, 9.17) is 0 Å². The minimum Gasteiger partial charge on any atom is -0.351 e. The fourth-order valence-corrected chi connectivity index (χ4v) is 3.13. The van der Waals surface area contributed by atoms with Gasteiger partial charge in [0.25, 0.3) is 5.91 Å². The van der Waals surface area contributed by atoms with Crippen LogP contribution in [0.1, 0.15) is 22.3 Å². The number of hydrogen-bond donors (Lipinski definition) is 2. The van der Waals surface area contributed by atoms with Gasteiger partial charge in [-0.1, -0.05) is 18.2 Å². The van der Waals surface area contributed by atoms with Crippen LogP contribution in [-0.2, 0) is 16.4 Å². The second kappa shape index (κ2) is 7.90. The van der Waals surface area contributed by atoms with Gasteiger partial charge in [0, 0.05) is 25.7 Å². The fourth-order valence-electron chi connectivity index (χ4n) is 2.71. The molecule has 2 rings (SSSR count). The molecule has 0 aromatic heterocycles. The summed E-state index contributed by atoms with van der Waals surface area (Å²) < 4.78 is 23.9. The number of hydrogen-bond acceptors (Lipinski definition) is 4. The number of carbonyl (C=O) groups is 1. The molecule has 23 heavy (non-hydrogen) atoms. The number of carbonyl (C=O) groups excluding carboxylic acids is 1. The van der Waals surface area contributed by atoms with Crippen LogP contribution in [0.3, 0.4) is 0 Å². The van der Waals surface area contributed by atoms with Gasteiger partial charge in [-0.3, -0.25) is 4.79 Å². The molecule has 128 valence electrons. The van der Waals surface area contributed by atoms with Crippen molar-refractivity contribution in [2.75, 3.05) is 39.5 Å². The summed E-state index contributed by atoms with van der Waals surface area (Å²) in [5.74, 6) is 0.425. The van der Waals surface area contributed by atoms with E-state index in [0.717, 1.165) is 37.8 Å². The molecule has 1 aliphatic rings. The Morgan fingerprint density at radius 2 is 2.13 bits per heavy atom. The molecule has 1 unspecified atom stereocenters. The van der Waals surface area contributed by atoms with Gasteiger partial charge < -0.3 is 10.6 Å². The molecule has 2 N–H and O–H groups in total. The minimum absolute atomic E-state index is 0.145. The lowest BCUT2D eigenvalue weighted by Gasteiger charge is -2.16. The molecule has 1 aromatic rings. The van der Waals surface area contributed by atoms with Crippen LogP contribution < -0.4 is 10.6 Å². The largest absolute Gasteiger partial charge is 0.351 e. The first kappa shape index (κ1) is 17.9. The summed E-state index contributed by atoms with van der Waals surface area (Å²) >= 11 is 0. The zero-order chi connectivity index (χ0) is 16.9. The fraction of sp³-hybridized carbons (Fsp3) is 0.562. The van der Waals surface area contributed by atoms with E-state index >= 15 is 0 Å². The first-order valence-electron chi connectivity index (χ1n) is 7.86. The Morgan fingerprint density at radius 1 is 1.39 bits per heavy atom. The predicted octanol–water partition coefficient (Wildman–Crippen LogP) is 0.460. The van der Waals surface area contributed by atoms with Gasteiger partial charge in [0.2, 0.25) is 10.0 Å². The lowest BCUT2D eigenvalue weighted by Crippen LogP contribution is -2.36. The molecule has 1 saturated heterocycles. The quantitative estimate of drug-likeness (QED) is 0.756. The molecule has 0 radical (unpaired) electrons. The average Bonchev–Trinajstić information content (AvgIpc) is 2.99. The number of sulfonamides is 1. The van der Waals surface area contributed by atoms with Crippen LogP contribution in [0.4, 0.5) is 0 Å². The zero-order valence-electron chi connectivity index (χ0n) is 13.7. The number of benzene rings is 1. The van der Waals surface area contributed by atoms with Crippen LogP contribution in [0.25, 0.3) is 0 Å². The topological polar surface area (TPSA) is 78.5 Å². The Morgan fingerprint density at radius 3 is 2.78 bits per heavy atom. The van der Waals surface area contributed by atoms with E-state index in [1.165, 1.54) is 11.4 Å². The molecular formula is C16H25N3O3S. The van der Waals surface area contributed by atoms with Gasteiger partial charge >= 0.3 is 0 Å². The molecule has 6 nitrogen and oxygen atoms in total. The molecule has 0 saturated carbocycles. The highest BCUT2D eigenvalue weighted by atomic mass is 32.2. The van der Waals surface area contributed by atoms with Crippen molar-refractivity contribution >= 4 is 15.9 Å². The van der Waals surface area contributed by atoms with E-state index in [2.05, 4.69) is 10.6 Å². The smallest absolute Gasteiger partial charge is 0.251 e. The summed E-state index contributed by atoms with van der Waals surface area (Å²) in [7, 11) is -1.71. The normalized spacial score (nSPS) is 18.3. The van der Waals surface area contributed by atoms with Crippen molar-refractivity contribution in [3.63, 3.8) is 0 Å². The number of rotatable bonds is 7. The summed E-state index contributed by atoms with van der Waals surface area (Å²) in [6, 6.07) is 7.63. The van der Waals surface area contributed by atoms with Gasteiger partial charge in [0.1, 0.15) is 0 Å². The standard InChI is InChI=1S/C16H25N3O3S/c1-19(23(2,21)22)10-9-18-16(20)15-6-4-3-5-14(15)11-13-7-8-17-12-13/h3-6,13,17H,7-12H2,1-2H3,(H,18,20).